The van der Waals surface area contributed by atoms with Crippen LogP contribution >= 0.6 is 0 Å². The van der Waals surface area contributed by atoms with Gasteiger partial charge in [-0.2, -0.15) is 0 Å². The zero-order valence-corrected chi connectivity index (χ0v) is 16.5. The molecule has 0 spiro atoms. The van der Waals surface area contributed by atoms with E-state index in [-0.39, 0.29) is 0 Å². The molecular weight excluding hydrogens is 352 g/mol. The summed E-state index contributed by atoms with van der Waals surface area (Å²) in [5, 5.41) is 3.92. The largest absolute Gasteiger partial charge is 0.326 e. The Hall–Kier alpha value is -3.20. The van der Waals surface area contributed by atoms with Gasteiger partial charge in [-0.15, -0.1) is 0 Å². The van der Waals surface area contributed by atoms with E-state index in [1.807, 2.05) is 6.07 Å². The van der Waals surface area contributed by atoms with E-state index in [2.05, 4.69) is 115 Å². The van der Waals surface area contributed by atoms with Gasteiger partial charge in [-0.05, 0) is 27.8 Å². The highest BCUT2D eigenvalue weighted by atomic mass is 15.0. The zero-order valence-electron chi connectivity index (χ0n) is 16.5. The van der Waals surface area contributed by atoms with Crippen LogP contribution in [0, 0.1) is 0 Å². The highest BCUT2D eigenvalue weighted by Gasteiger charge is 2.35. The van der Waals surface area contributed by atoms with E-state index in [1.165, 1.54) is 27.8 Å². The highest BCUT2D eigenvalue weighted by Crippen LogP contribution is 2.37. The molecule has 4 aromatic rings. The van der Waals surface area contributed by atoms with Gasteiger partial charge in [-0.1, -0.05) is 115 Å². The number of hydrogen-bond acceptors (Lipinski definition) is 2. The van der Waals surface area contributed by atoms with Gasteiger partial charge in [0.05, 0.1) is 5.54 Å². The topological polar surface area (TPSA) is 38.0 Å². The molecule has 4 aromatic carbocycles. The van der Waals surface area contributed by atoms with Crippen LogP contribution in [0.2, 0.25) is 0 Å². The molecule has 0 atom stereocenters. The molecule has 2 heteroatoms. The minimum atomic E-state index is -0.467. The second-order valence-electron chi connectivity index (χ2n) is 7.17. The van der Waals surface area contributed by atoms with Crippen LogP contribution in [0.3, 0.4) is 0 Å². The van der Waals surface area contributed by atoms with E-state index in [1.54, 1.807) is 0 Å². The third-order valence-corrected chi connectivity index (χ3v) is 5.50. The third kappa shape index (κ3) is 3.86. The molecular formula is C27H26N2. The molecule has 0 fully saturated rings. The minimum Gasteiger partial charge on any atom is -0.326 e. The van der Waals surface area contributed by atoms with E-state index < -0.39 is 5.54 Å². The summed E-state index contributed by atoms with van der Waals surface area (Å²) in [4.78, 5) is 0. The summed E-state index contributed by atoms with van der Waals surface area (Å²) in [7, 11) is 0. The number of benzene rings is 4. The van der Waals surface area contributed by atoms with Crippen molar-refractivity contribution in [3.05, 3.63) is 143 Å². The fourth-order valence-electron chi connectivity index (χ4n) is 4.03. The van der Waals surface area contributed by atoms with Gasteiger partial charge in [0, 0.05) is 13.1 Å². The third-order valence-electron chi connectivity index (χ3n) is 5.50. The molecule has 0 bridgehead atoms. The van der Waals surface area contributed by atoms with Gasteiger partial charge < -0.3 is 5.73 Å². The van der Waals surface area contributed by atoms with Crippen LogP contribution in [0.5, 0.6) is 0 Å². The molecule has 0 radical (unpaired) electrons. The molecule has 0 amide bonds. The van der Waals surface area contributed by atoms with E-state index in [0.29, 0.717) is 13.1 Å². The molecule has 0 saturated heterocycles. The zero-order chi connectivity index (χ0) is 19.9. The first-order valence-corrected chi connectivity index (χ1v) is 10.0. The van der Waals surface area contributed by atoms with E-state index in [4.69, 9.17) is 5.73 Å². The highest BCUT2D eigenvalue weighted by molar-refractivity contribution is 5.49. The molecule has 0 aliphatic carbocycles. The number of nitrogens with one attached hydrogen (secondary N) is 1. The Bertz CT molecular complexity index is 931. The van der Waals surface area contributed by atoms with Crippen LogP contribution in [0.1, 0.15) is 27.8 Å². The molecule has 3 N–H and O–H groups in total. The molecule has 0 aromatic heterocycles. The summed E-state index contributed by atoms with van der Waals surface area (Å²) in [6.45, 7) is 1.25. The monoisotopic (exact) mass is 378 g/mol. The van der Waals surface area contributed by atoms with Crippen molar-refractivity contribution in [1.29, 1.82) is 0 Å². The predicted octanol–water partition coefficient (Wildman–Crippen LogP) is 5.23. The van der Waals surface area contributed by atoms with Gasteiger partial charge in [-0.25, -0.2) is 0 Å². The van der Waals surface area contributed by atoms with Crippen LogP contribution in [0.4, 0.5) is 0 Å². The first-order chi connectivity index (χ1) is 14.3. The molecule has 0 aliphatic rings. The lowest BCUT2D eigenvalue weighted by atomic mass is 9.77. The fourth-order valence-corrected chi connectivity index (χ4v) is 4.03. The summed E-state index contributed by atoms with van der Waals surface area (Å²) in [6.07, 6.45) is 0. The normalized spacial score (nSPS) is 11.3. The predicted molar refractivity (Wildman–Crippen MR) is 120 cm³/mol. The van der Waals surface area contributed by atoms with E-state index in [9.17, 15) is 0 Å². The molecule has 0 unspecified atom stereocenters. The van der Waals surface area contributed by atoms with Crippen molar-refractivity contribution in [3.8, 4) is 0 Å². The van der Waals surface area contributed by atoms with Gasteiger partial charge in [0.25, 0.3) is 0 Å². The second kappa shape index (κ2) is 8.87. The maximum absolute atomic E-state index is 6.00. The van der Waals surface area contributed by atoms with Crippen molar-refractivity contribution in [2.45, 2.75) is 18.6 Å². The van der Waals surface area contributed by atoms with Crippen LogP contribution in [0.15, 0.2) is 115 Å². The van der Waals surface area contributed by atoms with E-state index in [0.717, 1.165) is 0 Å². The summed E-state index contributed by atoms with van der Waals surface area (Å²) in [5.41, 5.74) is 11.6. The SMILES string of the molecule is NCc1ccccc1CNC(c1ccccc1)(c1ccccc1)c1ccccc1. The van der Waals surface area contributed by atoms with Crippen LogP contribution in [-0.4, -0.2) is 0 Å². The van der Waals surface area contributed by atoms with Crippen molar-refractivity contribution in [1.82, 2.24) is 5.32 Å². The summed E-state index contributed by atoms with van der Waals surface area (Å²) < 4.78 is 0. The van der Waals surface area contributed by atoms with Crippen LogP contribution in [0.25, 0.3) is 0 Å². The Morgan fingerprint density at radius 2 is 0.897 bits per heavy atom. The first kappa shape index (κ1) is 19.1. The summed E-state index contributed by atoms with van der Waals surface area (Å²) in [5.74, 6) is 0. The maximum Gasteiger partial charge on any atom is 0.0950 e. The molecule has 144 valence electrons. The van der Waals surface area contributed by atoms with Crippen molar-refractivity contribution in [2.24, 2.45) is 5.73 Å². The lowest BCUT2D eigenvalue weighted by Crippen LogP contribution is -2.44. The quantitative estimate of drug-likeness (QED) is 0.432. The van der Waals surface area contributed by atoms with Crippen molar-refractivity contribution in [3.63, 3.8) is 0 Å². The molecule has 4 rings (SSSR count). The average molecular weight is 379 g/mol. The number of rotatable bonds is 7. The Morgan fingerprint density at radius 1 is 0.517 bits per heavy atom. The first-order valence-electron chi connectivity index (χ1n) is 10.0. The van der Waals surface area contributed by atoms with Gasteiger partial charge in [0.2, 0.25) is 0 Å². The Labute approximate surface area is 173 Å². The smallest absolute Gasteiger partial charge is 0.0950 e. The standard InChI is InChI=1S/C27H26N2/c28-20-22-12-10-11-13-23(22)21-29-27(24-14-4-1-5-15-24,25-16-6-2-7-17-25)26-18-8-3-9-19-26/h1-19,29H,20-21,28H2. The van der Waals surface area contributed by atoms with Crippen molar-refractivity contribution in [2.75, 3.05) is 0 Å². The van der Waals surface area contributed by atoms with Gasteiger partial charge >= 0.3 is 0 Å². The Morgan fingerprint density at radius 3 is 1.31 bits per heavy atom. The van der Waals surface area contributed by atoms with Crippen molar-refractivity contribution >= 4 is 0 Å². The van der Waals surface area contributed by atoms with Crippen LogP contribution in [-0.2, 0) is 18.6 Å². The lowest BCUT2D eigenvalue weighted by Gasteiger charge is -2.37. The molecule has 0 saturated carbocycles. The van der Waals surface area contributed by atoms with E-state index >= 15 is 0 Å². The molecule has 0 heterocycles. The molecule has 2 nitrogen and oxygen atoms in total. The average Bonchev–Trinajstić information content (AvgIpc) is 2.82. The fraction of sp³-hybridized carbons (Fsp3) is 0.111. The van der Waals surface area contributed by atoms with Crippen molar-refractivity contribution < 1.29 is 0 Å². The minimum absolute atomic E-state index is 0.467. The maximum atomic E-state index is 6.00. The summed E-state index contributed by atoms with van der Waals surface area (Å²) in [6, 6.07) is 40.4. The van der Waals surface area contributed by atoms with Crippen LogP contribution < -0.4 is 11.1 Å². The van der Waals surface area contributed by atoms with Gasteiger partial charge in [0.1, 0.15) is 0 Å². The number of nitrogens with two attached hydrogens (primary N) is 1. The lowest BCUT2D eigenvalue weighted by molar-refractivity contribution is 0.470. The summed E-state index contributed by atoms with van der Waals surface area (Å²) >= 11 is 0. The van der Waals surface area contributed by atoms with Gasteiger partial charge in [-0.3, -0.25) is 5.32 Å². The van der Waals surface area contributed by atoms with Gasteiger partial charge in [0.15, 0.2) is 0 Å². The second-order valence-corrected chi connectivity index (χ2v) is 7.17. The molecule has 29 heavy (non-hydrogen) atoms. The Balaban J connectivity index is 1.88. The molecule has 0 aliphatic heterocycles. The number of hydrogen-bond donors (Lipinski definition) is 2. The Kier molecular flexibility index (Phi) is 5.85.